The van der Waals surface area contributed by atoms with Gasteiger partial charge in [0.05, 0.1) is 17.7 Å². The minimum absolute atomic E-state index is 0.0436. The number of hydrogen-bond donors (Lipinski definition) is 5. The van der Waals surface area contributed by atoms with Gasteiger partial charge in [0.2, 0.25) is 17.7 Å². The number of unbranched alkanes of at least 4 members (excludes halogenated alkanes) is 1. The highest BCUT2D eigenvalue weighted by molar-refractivity contribution is 6.25. The molecule has 4 aromatic rings. The van der Waals surface area contributed by atoms with E-state index >= 15 is 0 Å². The predicted octanol–water partition coefficient (Wildman–Crippen LogP) is 6.76. The maximum absolute atomic E-state index is 13.3. The Morgan fingerprint density at radius 2 is 1.63 bits per heavy atom. The summed E-state index contributed by atoms with van der Waals surface area (Å²) in [5.74, 6) is 0.528. The Kier molecular flexibility index (Phi) is 11.6. The summed E-state index contributed by atoms with van der Waals surface area (Å²) in [5, 5.41) is 28.9. The number of carbonyl (C=O) groups is 5. The number of piperidine rings is 1. The van der Waals surface area contributed by atoms with Crippen LogP contribution < -0.4 is 25.4 Å². The van der Waals surface area contributed by atoms with Gasteiger partial charge in [-0.1, -0.05) is 30.3 Å². The minimum atomic E-state index is -1.01. The van der Waals surface area contributed by atoms with Crippen LogP contribution in [0.1, 0.15) is 102 Å². The van der Waals surface area contributed by atoms with E-state index in [0.29, 0.717) is 49.4 Å². The van der Waals surface area contributed by atoms with Gasteiger partial charge in [-0.15, -0.1) is 0 Å². The fraction of sp³-hybridized carbons (Fsp3) is 0.340. The zero-order valence-electron chi connectivity index (χ0n) is 33.4. The Morgan fingerprint density at radius 1 is 0.867 bits per heavy atom. The van der Waals surface area contributed by atoms with Crippen LogP contribution >= 0.6 is 0 Å². The van der Waals surface area contributed by atoms with E-state index in [0.717, 1.165) is 70.6 Å². The number of carbonyl (C=O) groups excluding carboxylic acids is 5. The molecular formula is C47H48N4O9. The van der Waals surface area contributed by atoms with Crippen molar-refractivity contribution in [2.75, 3.05) is 25.0 Å². The summed E-state index contributed by atoms with van der Waals surface area (Å²) in [4.78, 5) is 64.0. The summed E-state index contributed by atoms with van der Waals surface area (Å²) in [7, 11) is 0. The molecule has 1 aliphatic carbocycles. The number of allylic oxidation sites excluding steroid dienone is 1. The zero-order chi connectivity index (χ0) is 41.9. The Morgan fingerprint density at radius 3 is 2.42 bits per heavy atom. The molecule has 0 spiro atoms. The Labute approximate surface area is 347 Å². The molecule has 13 nitrogen and oxygen atoms in total. The summed E-state index contributed by atoms with van der Waals surface area (Å²) >= 11 is 0. The van der Waals surface area contributed by atoms with Crippen LogP contribution in [0.4, 0.5) is 5.69 Å². The largest absolute Gasteiger partial charge is 0.508 e. The molecule has 0 bridgehead atoms. The van der Waals surface area contributed by atoms with Gasteiger partial charge in [0, 0.05) is 42.8 Å². The van der Waals surface area contributed by atoms with Crippen molar-refractivity contribution < 1.29 is 43.7 Å². The number of amides is 5. The third-order valence-corrected chi connectivity index (χ3v) is 11.9. The standard InChI is InChI=1S/C47H48N4O9/c1-27-36-26-33(53)12-16-39(36)60-44(42(27)31-6-4-7-32(52)25-31)30-10-13-34(14-11-30)59-21-18-28-22-29(23-28)24-41(55)49-20-3-2-19-48-37-9-5-8-35-43(37)47(58)51(46(35)57)38-15-17-40(54)50-45(38)56/h4-14,16,25-26,28-29,38,44,48,52-53H,2-3,15,17-24H2,1H3,(H,49,55)(H,50,54,56)/t28?,29?,38?,44-/m0/s1. The number of benzene rings is 4. The van der Waals surface area contributed by atoms with Crippen molar-refractivity contribution in [1.29, 1.82) is 0 Å². The van der Waals surface area contributed by atoms with E-state index in [1.165, 1.54) is 0 Å². The van der Waals surface area contributed by atoms with Crippen molar-refractivity contribution in [2.45, 2.75) is 70.4 Å². The maximum Gasteiger partial charge on any atom is 0.264 e. The highest BCUT2D eigenvalue weighted by Gasteiger charge is 2.45. The third kappa shape index (κ3) is 8.43. The summed E-state index contributed by atoms with van der Waals surface area (Å²) in [6, 6.07) is 24.0. The van der Waals surface area contributed by atoms with Crippen LogP contribution in [0.3, 0.4) is 0 Å². The molecule has 2 atom stereocenters. The molecule has 1 saturated heterocycles. The van der Waals surface area contributed by atoms with E-state index in [1.807, 2.05) is 37.3 Å². The van der Waals surface area contributed by atoms with Gasteiger partial charge in [0.15, 0.2) is 0 Å². The molecule has 310 valence electrons. The SMILES string of the molecule is CC1=C(c2cccc(O)c2)[C@H](c2ccc(OCCC3CC(CC(=O)NCCCCNc4cccc5c4C(=O)N(C4CCC(=O)NC4=O)C5=O)C3)cc2)Oc2ccc(O)cc21. The Balaban J connectivity index is 0.732. The molecule has 4 aromatic carbocycles. The van der Waals surface area contributed by atoms with Gasteiger partial charge in [-0.05, 0) is 129 Å². The van der Waals surface area contributed by atoms with Gasteiger partial charge in [-0.3, -0.25) is 34.2 Å². The second-order valence-electron chi connectivity index (χ2n) is 16.0. The molecule has 8 rings (SSSR count). The summed E-state index contributed by atoms with van der Waals surface area (Å²) in [6.45, 7) is 3.64. The number of nitrogens with zero attached hydrogens (tertiary/aromatic N) is 1. The molecule has 60 heavy (non-hydrogen) atoms. The first-order valence-corrected chi connectivity index (χ1v) is 20.6. The van der Waals surface area contributed by atoms with Gasteiger partial charge in [-0.25, -0.2) is 0 Å². The fourth-order valence-electron chi connectivity index (χ4n) is 8.77. The Bertz CT molecular complexity index is 2370. The monoisotopic (exact) mass is 812 g/mol. The van der Waals surface area contributed by atoms with E-state index in [-0.39, 0.29) is 41.4 Å². The zero-order valence-corrected chi connectivity index (χ0v) is 33.4. The van der Waals surface area contributed by atoms with Crippen molar-refractivity contribution in [3.05, 3.63) is 113 Å². The van der Waals surface area contributed by atoms with Gasteiger partial charge in [0.25, 0.3) is 11.8 Å². The maximum atomic E-state index is 13.3. The van der Waals surface area contributed by atoms with Crippen molar-refractivity contribution in [2.24, 2.45) is 11.8 Å². The predicted molar refractivity (Wildman–Crippen MR) is 223 cm³/mol. The van der Waals surface area contributed by atoms with Crippen molar-refractivity contribution in [1.82, 2.24) is 15.5 Å². The Hall–Kier alpha value is -6.63. The van der Waals surface area contributed by atoms with E-state index < -0.39 is 35.8 Å². The second kappa shape index (κ2) is 17.3. The highest BCUT2D eigenvalue weighted by Crippen LogP contribution is 2.48. The average Bonchev–Trinajstić information content (AvgIpc) is 3.47. The molecule has 5 N–H and O–H groups in total. The number of nitrogens with one attached hydrogen (secondary N) is 3. The molecule has 5 amide bonds. The molecule has 1 unspecified atom stereocenters. The number of rotatable bonds is 15. The lowest BCUT2D eigenvalue weighted by molar-refractivity contribution is -0.136. The third-order valence-electron chi connectivity index (χ3n) is 11.9. The number of phenolic OH excluding ortho intramolecular Hbond substituents is 2. The number of fused-ring (bicyclic) bond motifs is 2. The quantitative estimate of drug-likeness (QED) is 0.0636. The van der Waals surface area contributed by atoms with Crippen LogP contribution in [0, 0.1) is 11.8 Å². The first-order chi connectivity index (χ1) is 29.0. The average molecular weight is 813 g/mol. The van der Waals surface area contributed by atoms with Gasteiger partial charge >= 0.3 is 0 Å². The lowest BCUT2D eigenvalue weighted by atomic mass is 9.72. The molecule has 3 heterocycles. The summed E-state index contributed by atoms with van der Waals surface area (Å²) in [5.41, 5.74) is 5.43. The minimum Gasteiger partial charge on any atom is -0.508 e. The van der Waals surface area contributed by atoms with Crippen LogP contribution in [0.25, 0.3) is 11.1 Å². The second-order valence-corrected chi connectivity index (χ2v) is 16.0. The van der Waals surface area contributed by atoms with Crippen LogP contribution in [0.15, 0.2) is 84.9 Å². The van der Waals surface area contributed by atoms with Crippen molar-refractivity contribution >= 4 is 46.4 Å². The van der Waals surface area contributed by atoms with E-state index in [4.69, 9.17) is 9.47 Å². The van der Waals surface area contributed by atoms with Gasteiger partial charge < -0.3 is 30.3 Å². The summed E-state index contributed by atoms with van der Waals surface area (Å²) in [6.07, 6.45) is 4.59. The number of imide groups is 2. The molecule has 4 aliphatic rings. The lowest BCUT2D eigenvalue weighted by Gasteiger charge is -2.35. The topological polar surface area (TPSA) is 184 Å². The van der Waals surface area contributed by atoms with E-state index in [2.05, 4.69) is 16.0 Å². The number of phenols is 2. The molecule has 13 heteroatoms. The van der Waals surface area contributed by atoms with Gasteiger partial charge in [0.1, 0.15) is 35.1 Å². The van der Waals surface area contributed by atoms with Crippen molar-refractivity contribution in [3.63, 3.8) is 0 Å². The van der Waals surface area contributed by atoms with Crippen LogP contribution in [-0.4, -0.2) is 70.4 Å². The molecule has 2 fully saturated rings. The number of ether oxygens (including phenoxy) is 2. The number of hydrogen-bond acceptors (Lipinski definition) is 10. The smallest absolute Gasteiger partial charge is 0.264 e. The first-order valence-electron chi connectivity index (χ1n) is 20.6. The normalized spacial score (nSPS) is 20.8. The highest BCUT2D eigenvalue weighted by atomic mass is 16.5. The number of aromatic hydroxyl groups is 2. The molecule has 3 aliphatic heterocycles. The van der Waals surface area contributed by atoms with E-state index in [9.17, 15) is 34.2 Å². The first kappa shape index (κ1) is 40.2. The molecular weight excluding hydrogens is 765 g/mol. The number of anilines is 1. The van der Waals surface area contributed by atoms with Crippen LogP contribution in [0.5, 0.6) is 23.0 Å². The van der Waals surface area contributed by atoms with Crippen LogP contribution in [-0.2, 0) is 14.4 Å². The van der Waals surface area contributed by atoms with Crippen LogP contribution in [0.2, 0.25) is 0 Å². The van der Waals surface area contributed by atoms with Gasteiger partial charge in [-0.2, -0.15) is 0 Å². The lowest BCUT2D eigenvalue weighted by Crippen LogP contribution is -2.54. The molecule has 1 saturated carbocycles. The summed E-state index contributed by atoms with van der Waals surface area (Å²) < 4.78 is 12.6. The van der Waals surface area contributed by atoms with E-state index in [1.54, 1.807) is 54.6 Å². The van der Waals surface area contributed by atoms with Crippen molar-refractivity contribution in [3.8, 4) is 23.0 Å². The molecule has 0 radical (unpaired) electrons. The molecule has 0 aromatic heterocycles. The fourth-order valence-corrected chi connectivity index (χ4v) is 8.77.